The second kappa shape index (κ2) is 8.76. The molecule has 5 aromatic rings. The Morgan fingerprint density at radius 2 is 0.946 bits per heavy atom. The molecular formula is C35H26N2. The zero-order valence-electron chi connectivity index (χ0n) is 20.4. The Morgan fingerprint density at radius 1 is 0.486 bits per heavy atom. The highest BCUT2D eigenvalue weighted by atomic mass is 15.6. The van der Waals surface area contributed by atoms with Gasteiger partial charge in [-0.3, -0.25) is 0 Å². The first-order valence-electron chi connectivity index (χ1n) is 12.8. The molecule has 37 heavy (non-hydrogen) atoms. The molecule has 2 atom stereocenters. The van der Waals surface area contributed by atoms with Crippen LogP contribution in [0.4, 0.5) is 0 Å². The van der Waals surface area contributed by atoms with E-state index in [4.69, 9.17) is 5.10 Å². The van der Waals surface area contributed by atoms with Crippen molar-refractivity contribution in [3.63, 3.8) is 0 Å². The SMILES string of the molecule is c1ccc(C2=NN3C(c4ccccc4)=C(c4ccccc4)[C@]3(c3ccccc3)[C@@H]2c2ccccc2)cc1. The van der Waals surface area contributed by atoms with Gasteiger partial charge in [0.2, 0.25) is 0 Å². The van der Waals surface area contributed by atoms with Gasteiger partial charge >= 0.3 is 0 Å². The summed E-state index contributed by atoms with van der Waals surface area (Å²) in [5.74, 6) is 0.0150. The van der Waals surface area contributed by atoms with Crippen LogP contribution in [0.3, 0.4) is 0 Å². The van der Waals surface area contributed by atoms with Crippen LogP contribution >= 0.6 is 0 Å². The van der Waals surface area contributed by atoms with Crippen molar-refractivity contribution in [3.05, 3.63) is 179 Å². The fourth-order valence-corrected chi connectivity index (χ4v) is 6.10. The van der Waals surface area contributed by atoms with Crippen LogP contribution in [-0.2, 0) is 5.54 Å². The van der Waals surface area contributed by atoms with E-state index in [9.17, 15) is 0 Å². The smallest absolute Gasteiger partial charge is 0.128 e. The summed E-state index contributed by atoms with van der Waals surface area (Å²) in [6, 6.07) is 54.0. The van der Waals surface area contributed by atoms with Gasteiger partial charge in [0.1, 0.15) is 5.54 Å². The monoisotopic (exact) mass is 474 g/mol. The summed E-state index contributed by atoms with van der Waals surface area (Å²) in [5, 5.41) is 7.76. The molecule has 176 valence electrons. The summed E-state index contributed by atoms with van der Waals surface area (Å²) in [4.78, 5) is 0. The molecule has 2 nitrogen and oxygen atoms in total. The van der Waals surface area contributed by atoms with E-state index in [2.05, 4.69) is 157 Å². The molecule has 0 N–H and O–H groups in total. The fourth-order valence-electron chi connectivity index (χ4n) is 6.10. The third-order valence-corrected chi connectivity index (χ3v) is 7.59. The molecule has 0 spiro atoms. The molecular weight excluding hydrogens is 448 g/mol. The predicted molar refractivity (Wildman–Crippen MR) is 152 cm³/mol. The standard InChI is InChI=1S/C35H26N2/c1-6-16-26(17-7-1)31-33(28-20-10-3-11-21-28)36-37-34(29-22-12-4-13-23-29)32(27-18-8-2-9-19-27)35(31,37)30-24-14-5-15-25-30/h1-25,31H/t31-,35+/m1/s1. The molecule has 2 heteroatoms. The lowest BCUT2D eigenvalue weighted by Crippen LogP contribution is -2.53. The lowest BCUT2D eigenvalue weighted by atomic mass is 9.61. The van der Waals surface area contributed by atoms with Crippen LogP contribution in [0.2, 0.25) is 0 Å². The van der Waals surface area contributed by atoms with Crippen molar-refractivity contribution >= 4 is 17.0 Å². The molecule has 0 aromatic heterocycles. The summed E-state index contributed by atoms with van der Waals surface area (Å²) >= 11 is 0. The first-order chi connectivity index (χ1) is 18.4. The zero-order valence-corrected chi connectivity index (χ0v) is 20.4. The summed E-state index contributed by atoms with van der Waals surface area (Å²) in [6.45, 7) is 0. The Balaban J connectivity index is 1.59. The largest absolute Gasteiger partial charge is 0.248 e. The van der Waals surface area contributed by atoms with Crippen molar-refractivity contribution in [1.29, 1.82) is 0 Å². The predicted octanol–water partition coefficient (Wildman–Crippen LogP) is 7.97. The first-order valence-corrected chi connectivity index (χ1v) is 12.8. The molecule has 0 fully saturated rings. The maximum absolute atomic E-state index is 5.46. The number of hydrogen-bond acceptors (Lipinski definition) is 2. The zero-order chi connectivity index (χ0) is 24.7. The van der Waals surface area contributed by atoms with Crippen LogP contribution in [0.15, 0.2) is 157 Å². The number of hydrazone groups is 1. The van der Waals surface area contributed by atoms with E-state index in [-0.39, 0.29) is 5.92 Å². The average Bonchev–Trinajstić information content (AvgIpc) is 3.26. The van der Waals surface area contributed by atoms with Crippen LogP contribution in [-0.4, -0.2) is 10.7 Å². The van der Waals surface area contributed by atoms with Gasteiger partial charge < -0.3 is 0 Å². The van der Waals surface area contributed by atoms with E-state index in [1.54, 1.807) is 0 Å². The molecule has 0 amide bonds. The van der Waals surface area contributed by atoms with Gasteiger partial charge in [-0.15, -0.1) is 0 Å². The second-order valence-electron chi connectivity index (χ2n) is 9.59. The van der Waals surface area contributed by atoms with E-state index >= 15 is 0 Å². The summed E-state index contributed by atoms with van der Waals surface area (Å²) < 4.78 is 0. The van der Waals surface area contributed by atoms with Gasteiger partial charge in [-0.05, 0) is 22.3 Å². The third-order valence-electron chi connectivity index (χ3n) is 7.59. The highest BCUT2D eigenvalue weighted by Gasteiger charge is 2.64. The number of fused-ring (bicyclic) bond motifs is 1. The molecule has 0 aliphatic carbocycles. The Hall–Kier alpha value is -4.69. The van der Waals surface area contributed by atoms with Crippen molar-refractivity contribution in [3.8, 4) is 0 Å². The molecule has 2 aliphatic rings. The van der Waals surface area contributed by atoms with Gasteiger partial charge in [0.05, 0.1) is 17.3 Å². The van der Waals surface area contributed by atoms with Gasteiger partial charge in [-0.1, -0.05) is 152 Å². The highest BCUT2D eigenvalue weighted by Crippen LogP contribution is 2.66. The van der Waals surface area contributed by atoms with Gasteiger partial charge in [0.15, 0.2) is 0 Å². The molecule has 2 heterocycles. The van der Waals surface area contributed by atoms with Gasteiger partial charge in [0.25, 0.3) is 0 Å². The maximum atomic E-state index is 5.46. The van der Waals surface area contributed by atoms with Crippen molar-refractivity contribution in [2.24, 2.45) is 5.10 Å². The molecule has 7 rings (SSSR count). The van der Waals surface area contributed by atoms with Gasteiger partial charge in [-0.25, -0.2) is 5.01 Å². The van der Waals surface area contributed by atoms with Crippen LogP contribution in [0, 0.1) is 0 Å². The lowest BCUT2D eigenvalue weighted by Gasteiger charge is -2.54. The van der Waals surface area contributed by atoms with E-state index < -0.39 is 5.54 Å². The van der Waals surface area contributed by atoms with E-state index in [1.165, 1.54) is 33.5 Å². The van der Waals surface area contributed by atoms with E-state index in [0.717, 1.165) is 11.3 Å². The molecule has 5 aromatic carbocycles. The number of hydrogen-bond donors (Lipinski definition) is 0. The summed E-state index contributed by atoms with van der Waals surface area (Å²) in [5.41, 5.74) is 9.17. The average molecular weight is 475 g/mol. The molecule has 0 saturated carbocycles. The van der Waals surface area contributed by atoms with Crippen LogP contribution in [0.5, 0.6) is 0 Å². The van der Waals surface area contributed by atoms with Crippen molar-refractivity contribution in [2.45, 2.75) is 11.5 Å². The molecule has 0 radical (unpaired) electrons. The molecule has 0 unspecified atom stereocenters. The number of rotatable bonds is 5. The van der Waals surface area contributed by atoms with Crippen molar-refractivity contribution in [1.82, 2.24) is 5.01 Å². The van der Waals surface area contributed by atoms with Crippen LogP contribution in [0.1, 0.15) is 33.7 Å². The van der Waals surface area contributed by atoms with Crippen LogP contribution < -0.4 is 0 Å². The van der Waals surface area contributed by atoms with Crippen LogP contribution in [0.25, 0.3) is 11.3 Å². The minimum atomic E-state index is -0.472. The Bertz CT molecular complexity index is 1590. The Labute approximate surface area is 217 Å². The number of benzene rings is 5. The van der Waals surface area contributed by atoms with E-state index in [1.807, 2.05) is 0 Å². The summed E-state index contributed by atoms with van der Waals surface area (Å²) in [7, 11) is 0. The molecule has 0 bridgehead atoms. The molecule has 0 saturated heterocycles. The fraction of sp³-hybridized carbons (Fsp3) is 0.0571. The molecule has 2 aliphatic heterocycles. The van der Waals surface area contributed by atoms with Crippen molar-refractivity contribution < 1.29 is 0 Å². The van der Waals surface area contributed by atoms with Crippen molar-refractivity contribution in [2.75, 3.05) is 0 Å². The lowest BCUT2D eigenvalue weighted by molar-refractivity contribution is 0.214. The topological polar surface area (TPSA) is 15.6 Å². The summed E-state index contributed by atoms with van der Waals surface area (Å²) in [6.07, 6.45) is 0. The third kappa shape index (κ3) is 3.23. The minimum absolute atomic E-state index is 0.0150. The Kier molecular flexibility index (Phi) is 5.11. The normalized spacial score (nSPS) is 20.3. The Morgan fingerprint density at radius 3 is 1.51 bits per heavy atom. The maximum Gasteiger partial charge on any atom is 0.128 e. The second-order valence-corrected chi connectivity index (χ2v) is 9.59. The quantitative estimate of drug-likeness (QED) is 0.252. The number of nitrogens with zero attached hydrogens (tertiary/aromatic N) is 2. The van der Waals surface area contributed by atoms with E-state index in [0.29, 0.717) is 0 Å². The minimum Gasteiger partial charge on any atom is -0.248 e. The highest BCUT2D eigenvalue weighted by molar-refractivity contribution is 6.15. The van der Waals surface area contributed by atoms with Gasteiger partial charge in [-0.2, -0.15) is 5.10 Å². The van der Waals surface area contributed by atoms with Gasteiger partial charge in [0, 0.05) is 11.1 Å². The first kappa shape index (κ1) is 21.6.